The van der Waals surface area contributed by atoms with E-state index in [-0.39, 0.29) is 0 Å². The third-order valence-corrected chi connectivity index (χ3v) is 6.85. The largest absolute Gasteiger partial charge is 0.384 e. The smallest absolute Gasteiger partial charge is 0.227 e. The van der Waals surface area contributed by atoms with Crippen molar-refractivity contribution < 1.29 is 5.11 Å². The lowest BCUT2D eigenvalue weighted by molar-refractivity contribution is 0.0739. The molecular weight excluding hydrogens is 448 g/mol. The minimum absolute atomic E-state index is 0.611. The number of aryl methyl sites for hydroxylation is 1. The first-order chi connectivity index (χ1) is 16.2. The Hall–Kier alpha value is -3.21. The maximum Gasteiger partial charge on any atom is 0.227 e. The number of hydrogen-bond donors (Lipinski definition) is 2. The Labute approximate surface area is 202 Å². The number of hydrogen-bond acceptors (Lipinski definition) is 10. The minimum Gasteiger partial charge on any atom is -0.384 e. The molecule has 0 atom stereocenters. The molecule has 5 heterocycles. The maximum atomic E-state index is 10.3. The van der Waals surface area contributed by atoms with Crippen molar-refractivity contribution in [3.8, 4) is 10.6 Å². The van der Waals surface area contributed by atoms with Gasteiger partial charge in [-0.2, -0.15) is 4.98 Å². The second-order valence-electron chi connectivity index (χ2n) is 9.15. The zero-order chi connectivity index (χ0) is 23.9. The molecule has 9 nitrogen and oxygen atoms in total. The summed E-state index contributed by atoms with van der Waals surface area (Å²) in [6, 6.07) is 7.64. The van der Waals surface area contributed by atoms with Gasteiger partial charge in [0.05, 0.1) is 15.9 Å². The third kappa shape index (κ3) is 4.84. The second kappa shape index (κ2) is 8.86. The molecule has 5 rings (SSSR count). The molecule has 176 valence electrons. The van der Waals surface area contributed by atoms with Crippen LogP contribution in [0.25, 0.3) is 20.8 Å². The maximum absolute atomic E-state index is 10.3. The molecule has 1 fully saturated rings. The highest BCUT2D eigenvalue weighted by Crippen LogP contribution is 2.32. The molecule has 4 aromatic rings. The predicted octanol–water partition coefficient (Wildman–Crippen LogP) is 3.57. The number of aromatic nitrogens is 5. The number of rotatable bonds is 5. The van der Waals surface area contributed by atoms with Gasteiger partial charge in [0.1, 0.15) is 22.2 Å². The third-order valence-electron chi connectivity index (χ3n) is 5.79. The van der Waals surface area contributed by atoms with Gasteiger partial charge in [0.15, 0.2) is 0 Å². The lowest BCUT2D eigenvalue weighted by Gasteiger charge is -2.32. The molecule has 0 unspecified atom stereocenters. The fourth-order valence-corrected chi connectivity index (χ4v) is 4.73. The van der Waals surface area contributed by atoms with Gasteiger partial charge in [-0.15, -0.1) is 11.3 Å². The van der Waals surface area contributed by atoms with Gasteiger partial charge < -0.3 is 20.2 Å². The molecule has 0 radical (unpaired) electrons. The van der Waals surface area contributed by atoms with E-state index < -0.39 is 5.60 Å². The zero-order valence-electron chi connectivity index (χ0n) is 19.8. The fourth-order valence-electron chi connectivity index (χ4n) is 3.82. The molecule has 4 aromatic heterocycles. The molecule has 0 saturated carbocycles. The van der Waals surface area contributed by atoms with Crippen molar-refractivity contribution >= 4 is 39.1 Å². The van der Waals surface area contributed by atoms with Crippen molar-refractivity contribution in [1.29, 1.82) is 0 Å². The van der Waals surface area contributed by atoms with Gasteiger partial charge in [-0.3, -0.25) is 4.98 Å². The van der Waals surface area contributed by atoms with E-state index in [1.165, 1.54) is 0 Å². The molecule has 0 aromatic carbocycles. The summed E-state index contributed by atoms with van der Waals surface area (Å²) in [5, 5.41) is 14.5. The van der Waals surface area contributed by atoms with Gasteiger partial charge in [-0.05, 0) is 40.0 Å². The number of fused-ring (bicyclic) bond motifs is 1. The molecule has 1 aliphatic rings. The Kier molecular flexibility index (Phi) is 5.88. The number of thiazole rings is 1. The first kappa shape index (κ1) is 22.6. The van der Waals surface area contributed by atoms with Crippen LogP contribution in [0.3, 0.4) is 0 Å². The molecule has 10 heteroatoms. The highest BCUT2D eigenvalue weighted by atomic mass is 32.1. The molecule has 2 N–H and O–H groups in total. The van der Waals surface area contributed by atoms with E-state index in [1.807, 2.05) is 37.4 Å². The number of nitrogens with zero attached hydrogens (tertiary/aromatic N) is 7. The Morgan fingerprint density at radius 1 is 1.00 bits per heavy atom. The van der Waals surface area contributed by atoms with Crippen molar-refractivity contribution in [2.24, 2.45) is 0 Å². The minimum atomic E-state index is -1.01. The van der Waals surface area contributed by atoms with E-state index in [0.29, 0.717) is 17.3 Å². The number of likely N-dealkylation sites (N-methyl/N-ethyl adjacent to an activating group) is 1. The van der Waals surface area contributed by atoms with Crippen molar-refractivity contribution in [3.05, 3.63) is 48.0 Å². The summed E-state index contributed by atoms with van der Waals surface area (Å²) >= 11 is 1.56. The molecule has 1 aliphatic heterocycles. The highest BCUT2D eigenvalue weighted by Gasteiger charge is 2.20. The van der Waals surface area contributed by atoms with Crippen LogP contribution in [-0.2, 0) is 5.60 Å². The van der Waals surface area contributed by atoms with E-state index in [9.17, 15) is 5.11 Å². The summed E-state index contributed by atoms with van der Waals surface area (Å²) in [6.45, 7) is 9.25. The summed E-state index contributed by atoms with van der Waals surface area (Å²) in [5.74, 6) is 2.14. The monoisotopic (exact) mass is 476 g/mol. The second-order valence-corrected chi connectivity index (χ2v) is 10.2. The van der Waals surface area contributed by atoms with Crippen molar-refractivity contribution in [2.45, 2.75) is 26.4 Å². The van der Waals surface area contributed by atoms with E-state index in [0.717, 1.165) is 58.6 Å². The lowest BCUT2D eigenvalue weighted by Crippen LogP contribution is -2.45. The van der Waals surface area contributed by atoms with Gasteiger partial charge in [-0.1, -0.05) is 0 Å². The fraction of sp³-hybridized carbons (Fsp3) is 0.375. The van der Waals surface area contributed by atoms with Crippen LogP contribution in [0.2, 0.25) is 0 Å². The molecule has 34 heavy (non-hydrogen) atoms. The lowest BCUT2D eigenvalue weighted by atomic mass is 10.0. The van der Waals surface area contributed by atoms with Gasteiger partial charge in [0, 0.05) is 62.0 Å². The van der Waals surface area contributed by atoms with Crippen molar-refractivity contribution in [2.75, 3.05) is 43.4 Å². The molecule has 0 bridgehead atoms. The van der Waals surface area contributed by atoms with Gasteiger partial charge >= 0.3 is 0 Å². The Morgan fingerprint density at radius 2 is 1.79 bits per heavy atom. The van der Waals surface area contributed by atoms with Gasteiger partial charge in [-0.25, -0.2) is 15.0 Å². The summed E-state index contributed by atoms with van der Waals surface area (Å²) in [4.78, 5) is 27.6. The van der Waals surface area contributed by atoms with Crippen LogP contribution < -0.4 is 10.2 Å². The van der Waals surface area contributed by atoms with Crippen LogP contribution in [0.15, 0.2) is 36.7 Å². The van der Waals surface area contributed by atoms with E-state index in [1.54, 1.807) is 31.4 Å². The number of piperazine rings is 1. The molecule has 0 spiro atoms. The standard InChI is InChI=1S/C24H28N8OS/c1-15-11-21(30-23(27-15)32-9-7-31(4)8-10-32)29-20-13-17-18(14-26-20)34-22(28-17)16-5-6-25-19(12-16)24(2,3)33/h5-6,11-14,33H,7-10H2,1-4H3,(H,26,27,29,30). The number of pyridine rings is 2. The molecule has 0 aliphatic carbocycles. The summed E-state index contributed by atoms with van der Waals surface area (Å²) < 4.78 is 0.985. The summed E-state index contributed by atoms with van der Waals surface area (Å²) in [5.41, 5.74) is 2.28. The van der Waals surface area contributed by atoms with Crippen LogP contribution in [0, 0.1) is 6.92 Å². The van der Waals surface area contributed by atoms with Crippen LogP contribution in [0.1, 0.15) is 25.2 Å². The average Bonchev–Trinajstić information content (AvgIpc) is 3.22. The Morgan fingerprint density at radius 3 is 2.56 bits per heavy atom. The van der Waals surface area contributed by atoms with E-state index in [4.69, 9.17) is 9.97 Å². The molecular formula is C24H28N8OS. The van der Waals surface area contributed by atoms with E-state index >= 15 is 0 Å². The first-order valence-corrected chi connectivity index (χ1v) is 12.1. The molecule has 1 saturated heterocycles. The number of anilines is 3. The Bertz CT molecular complexity index is 1320. The summed E-state index contributed by atoms with van der Waals surface area (Å²) in [6.07, 6.45) is 3.53. The topological polar surface area (TPSA) is 103 Å². The number of nitrogens with one attached hydrogen (secondary N) is 1. The van der Waals surface area contributed by atoms with Gasteiger partial charge in [0.25, 0.3) is 0 Å². The van der Waals surface area contributed by atoms with Gasteiger partial charge in [0.2, 0.25) is 5.95 Å². The van der Waals surface area contributed by atoms with Crippen molar-refractivity contribution in [3.63, 3.8) is 0 Å². The predicted molar refractivity (Wildman–Crippen MR) is 136 cm³/mol. The van der Waals surface area contributed by atoms with Crippen LogP contribution in [0.5, 0.6) is 0 Å². The van der Waals surface area contributed by atoms with E-state index in [2.05, 4.69) is 37.1 Å². The zero-order valence-corrected chi connectivity index (χ0v) is 20.6. The highest BCUT2D eigenvalue weighted by molar-refractivity contribution is 7.21. The normalized spacial score (nSPS) is 15.1. The quantitative estimate of drug-likeness (QED) is 0.447. The summed E-state index contributed by atoms with van der Waals surface area (Å²) in [7, 11) is 2.13. The van der Waals surface area contributed by atoms with Crippen molar-refractivity contribution in [1.82, 2.24) is 29.8 Å². The van der Waals surface area contributed by atoms with Crippen LogP contribution >= 0.6 is 11.3 Å². The number of aliphatic hydroxyl groups is 1. The first-order valence-electron chi connectivity index (χ1n) is 11.3. The molecule has 0 amide bonds. The average molecular weight is 477 g/mol. The Balaban J connectivity index is 1.40. The van der Waals surface area contributed by atoms with Crippen LogP contribution in [0.4, 0.5) is 17.6 Å². The van der Waals surface area contributed by atoms with Crippen LogP contribution in [-0.4, -0.2) is 68.2 Å². The SMILES string of the molecule is Cc1cc(Nc2cc3nc(-c4ccnc(C(C)(C)O)c4)sc3cn2)nc(N2CCN(C)CC2)n1.